The zero-order valence-corrected chi connectivity index (χ0v) is 11.3. The lowest BCUT2D eigenvalue weighted by Crippen LogP contribution is -2.36. The second-order valence-electron chi connectivity index (χ2n) is 3.92. The van der Waals surface area contributed by atoms with Crippen LogP contribution in [0.3, 0.4) is 0 Å². The second-order valence-corrected chi connectivity index (χ2v) is 4.83. The Morgan fingerprint density at radius 2 is 2.06 bits per heavy atom. The number of carbonyl (C=O) groups excluding carboxylic acids is 1. The van der Waals surface area contributed by atoms with Crippen LogP contribution in [0.5, 0.6) is 0 Å². The molecule has 0 fully saturated rings. The Hall–Kier alpha value is -1.49. The van der Waals surface area contributed by atoms with Crippen molar-refractivity contribution in [2.45, 2.75) is 19.4 Å². The summed E-state index contributed by atoms with van der Waals surface area (Å²) in [6.45, 7) is 2.01. The third-order valence-electron chi connectivity index (χ3n) is 2.57. The maximum atomic E-state index is 12.0. The molecule has 1 aromatic rings. The average molecular weight is 267 g/mol. The van der Waals surface area contributed by atoms with Gasteiger partial charge in [-0.2, -0.15) is 11.8 Å². The van der Waals surface area contributed by atoms with Gasteiger partial charge in [0, 0.05) is 17.4 Å². The van der Waals surface area contributed by atoms with Crippen LogP contribution in [-0.2, 0) is 0 Å². The summed E-state index contributed by atoms with van der Waals surface area (Å²) in [4.78, 5) is 22.8. The number of carboxylic acid groups (broad SMARTS) is 1. The monoisotopic (exact) mass is 267 g/mol. The highest BCUT2D eigenvalue weighted by Gasteiger charge is 2.13. The van der Waals surface area contributed by atoms with Crippen LogP contribution in [0.2, 0.25) is 0 Å². The van der Waals surface area contributed by atoms with Crippen molar-refractivity contribution in [1.82, 2.24) is 5.32 Å². The fraction of sp³-hybridized carbons (Fsp3) is 0.385. The lowest BCUT2D eigenvalue weighted by Gasteiger charge is -2.15. The van der Waals surface area contributed by atoms with E-state index in [1.807, 2.05) is 13.2 Å². The lowest BCUT2D eigenvalue weighted by atomic mass is 10.1. The van der Waals surface area contributed by atoms with Crippen molar-refractivity contribution in [3.63, 3.8) is 0 Å². The van der Waals surface area contributed by atoms with Crippen molar-refractivity contribution < 1.29 is 14.7 Å². The molecule has 2 N–H and O–H groups in total. The van der Waals surface area contributed by atoms with Gasteiger partial charge in [-0.3, -0.25) is 4.79 Å². The highest BCUT2D eigenvalue weighted by molar-refractivity contribution is 7.98. The standard InChI is InChI=1S/C13H17NO3S/c1-3-11(8-18-2)14-12(15)9-5-4-6-10(7-9)13(16)17/h4-7,11H,3,8H2,1-2H3,(H,14,15)(H,16,17). The highest BCUT2D eigenvalue weighted by Crippen LogP contribution is 2.07. The molecule has 0 heterocycles. The molecule has 98 valence electrons. The summed E-state index contributed by atoms with van der Waals surface area (Å²) in [6.07, 6.45) is 2.84. The predicted octanol–water partition coefficient (Wildman–Crippen LogP) is 2.26. The number of aromatic carboxylic acids is 1. The number of hydrogen-bond donors (Lipinski definition) is 2. The Labute approximate surface area is 111 Å². The van der Waals surface area contributed by atoms with E-state index in [9.17, 15) is 9.59 Å². The van der Waals surface area contributed by atoms with Crippen molar-refractivity contribution in [1.29, 1.82) is 0 Å². The third kappa shape index (κ3) is 4.07. The molecule has 1 atom stereocenters. The Kier molecular flexibility index (Phi) is 5.71. The first kappa shape index (κ1) is 14.6. The van der Waals surface area contributed by atoms with E-state index in [4.69, 9.17) is 5.11 Å². The lowest BCUT2D eigenvalue weighted by molar-refractivity contribution is 0.0697. The second kappa shape index (κ2) is 7.06. The summed E-state index contributed by atoms with van der Waals surface area (Å²) in [5.74, 6) is -0.402. The van der Waals surface area contributed by atoms with Gasteiger partial charge in [0.05, 0.1) is 5.56 Å². The summed E-state index contributed by atoms with van der Waals surface area (Å²) in [6, 6.07) is 6.17. The van der Waals surface area contributed by atoms with Gasteiger partial charge in [-0.25, -0.2) is 4.79 Å². The minimum Gasteiger partial charge on any atom is -0.478 e. The van der Waals surface area contributed by atoms with Crippen LogP contribution in [0.15, 0.2) is 24.3 Å². The van der Waals surface area contributed by atoms with Gasteiger partial charge in [-0.1, -0.05) is 13.0 Å². The molecule has 0 spiro atoms. The van der Waals surface area contributed by atoms with Gasteiger partial charge in [0.15, 0.2) is 0 Å². The molecule has 4 nitrogen and oxygen atoms in total. The minimum absolute atomic E-state index is 0.112. The molecule has 0 bridgehead atoms. The number of rotatable bonds is 6. The van der Waals surface area contributed by atoms with E-state index in [-0.39, 0.29) is 17.5 Å². The van der Waals surface area contributed by atoms with E-state index < -0.39 is 5.97 Å². The van der Waals surface area contributed by atoms with E-state index in [1.54, 1.807) is 23.9 Å². The third-order valence-corrected chi connectivity index (χ3v) is 3.30. The van der Waals surface area contributed by atoms with Crippen LogP contribution in [0.25, 0.3) is 0 Å². The fourth-order valence-electron chi connectivity index (χ4n) is 1.52. The summed E-state index contributed by atoms with van der Waals surface area (Å²) in [7, 11) is 0. The molecule has 1 aromatic carbocycles. The number of hydrogen-bond acceptors (Lipinski definition) is 3. The Bertz CT molecular complexity index is 434. The van der Waals surface area contributed by atoms with Crippen LogP contribution >= 0.6 is 11.8 Å². The van der Waals surface area contributed by atoms with Gasteiger partial charge >= 0.3 is 5.97 Å². The molecular weight excluding hydrogens is 250 g/mol. The van der Waals surface area contributed by atoms with Gasteiger partial charge in [0.2, 0.25) is 0 Å². The fourth-order valence-corrected chi connectivity index (χ4v) is 2.25. The molecule has 0 aliphatic heterocycles. The number of nitrogens with one attached hydrogen (secondary N) is 1. The topological polar surface area (TPSA) is 66.4 Å². The number of carbonyl (C=O) groups is 2. The van der Waals surface area contributed by atoms with Crippen LogP contribution in [0, 0.1) is 0 Å². The van der Waals surface area contributed by atoms with Gasteiger partial charge in [-0.15, -0.1) is 0 Å². The maximum absolute atomic E-state index is 12.0. The van der Waals surface area contributed by atoms with E-state index >= 15 is 0 Å². The van der Waals surface area contributed by atoms with Gasteiger partial charge in [0.1, 0.15) is 0 Å². The first-order valence-corrected chi connectivity index (χ1v) is 7.11. The van der Waals surface area contributed by atoms with Crippen LogP contribution in [-0.4, -0.2) is 35.0 Å². The Morgan fingerprint density at radius 1 is 1.39 bits per heavy atom. The zero-order chi connectivity index (χ0) is 13.5. The summed E-state index contributed by atoms with van der Waals surface area (Å²) in [5, 5.41) is 11.8. The van der Waals surface area contributed by atoms with Crippen molar-refractivity contribution in [2.75, 3.05) is 12.0 Å². The summed E-state index contributed by atoms with van der Waals surface area (Å²) >= 11 is 1.67. The molecule has 0 aliphatic rings. The number of thioether (sulfide) groups is 1. The molecule has 0 radical (unpaired) electrons. The highest BCUT2D eigenvalue weighted by atomic mass is 32.2. The van der Waals surface area contributed by atoms with Crippen molar-refractivity contribution in [2.24, 2.45) is 0 Å². The van der Waals surface area contributed by atoms with E-state index in [0.29, 0.717) is 5.56 Å². The number of benzene rings is 1. The molecule has 1 unspecified atom stereocenters. The minimum atomic E-state index is -1.03. The smallest absolute Gasteiger partial charge is 0.335 e. The van der Waals surface area contributed by atoms with E-state index in [2.05, 4.69) is 5.32 Å². The number of carboxylic acids is 1. The van der Waals surface area contributed by atoms with Gasteiger partial charge < -0.3 is 10.4 Å². The Morgan fingerprint density at radius 3 is 2.61 bits per heavy atom. The molecular formula is C13H17NO3S. The quantitative estimate of drug-likeness (QED) is 0.829. The molecule has 0 aromatic heterocycles. The first-order valence-electron chi connectivity index (χ1n) is 5.71. The average Bonchev–Trinajstić information content (AvgIpc) is 2.38. The number of amides is 1. The molecule has 0 aliphatic carbocycles. The molecule has 0 saturated heterocycles. The van der Waals surface area contributed by atoms with Crippen molar-refractivity contribution >= 4 is 23.6 Å². The largest absolute Gasteiger partial charge is 0.478 e. The Balaban J connectivity index is 2.77. The summed E-state index contributed by atoms with van der Waals surface area (Å²) in [5.41, 5.74) is 0.509. The van der Waals surface area contributed by atoms with Crippen LogP contribution < -0.4 is 5.32 Å². The molecule has 0 saturated carbocycles. The van der Waals surface area contributed by atoms with Crippen LogP contribution in [0.1, 0.15) is 34.1 Å². The van der Waals surface area contributed by atoms with E-state index in [1.165, 1.54) is 12.1 Å². The molecule has 5 heteroatoms. The predicted molar refractivity (Wildman–Crippen MR) is 73.3 cm³/mol. The molecule has 18 heavy (non-hydrogen) atoms. The van der Waals surface area contributed by atoms with E-state index in [0.717, 1.165) is 12.2 Å². The van der Waals surface area contributed by atoms with Crippen molar-refractivity contribution in [3.05, 3.63) is 35.4 Å². The SMILES string of the molecule is CCC(CSC)NC(=O)c1cccc(C(=O)O)c1. The normalized spacial score (nSPS) is 11.9. The van der Waals surface area contributed by atoms with Gasteiger partial charge in [-0.05, 0) is 30.9 Å². The maximum Gasteiger partial charge on any atom is 0.335 e. The molecule has 1 rings (SSSR count). The van der Waals surface area contributed by atoms with Crippen LogP contribution in [0.4, 0.5) is 0 Å². The summed E-state index contributed by atoms with van der Waals surface area (Å²) < 4.78 is 0. The molecule has 1 amide bonds. The first-order chi connectivity index (χ1) is 8.58. The van der Waals surface area contributed by atoms with Gasteiger partial charge in [0.25, 0.3) is 5.91 Å². The zero-order valence-electron chi connectivity index (χ0n) is 10.5. The van der Waals surface area contributed by atoms with Crippen molar-refractivity contribution in [3.8, 4) is 0 Å².